The summed E-state index contributed by atoms with van der Waals surface area (Å²) in [6.07, 6.45) is 0.213. The van der Waals surface area contributed by atoms with E-state index in [2.05, 4.69) is 10.1 Å². The Hall–Kier alpha value is -1.95. The van der Waals surface area contributed by atoms with Gasteiger partial charge in [0.2, 0.25) is 11.8 Å². The molecule has 5 nitrogen and oxygen atoms in total. The highest BCUT2D eigenvalue weighted by Gasteiger charge is 2.18. The Morgan fingerprint density at radius 2 is 2.00 bits per heavy atom. The molecule has 0 heterocycles. The van der Waals surface area contributed by atoms with Crippen LogP contribution in [-0.2, 0) is 20.7 Å². The Labute approximate surface area is 104 Å². The average Bonchev–Trinajstić information content (AvgIpc) is 2.31. The Kier molecular flexibility index (Phi) is 5.26. The predicted octanol–water partition coefficient (Wildman–Crippen LogP) is -0.0153. The van der Waals surface area contributed by atoms with Crippen molar-refractivity contribution in [3.05, 3.63) is 35.6 Å². The van der Waals surface area contributed by atoms with Crippen LogP contribution in [0.1, 0.15) is 5.56 Å². The van der Waals surface area contributed by atoms with Crippen molar-refractivity contribution < 1.29 is 18.7 Å². The second-order valence-electron chi connectivity index (χ2n) is 3.79. The molecule has 0 aromatic heterocycles. The van der Waals surface area contributed by atoms with Gasteiger partial charge in [0, 0.05) is 13.5 Å². The molecule has 0 unspecified atom stereocenters. The Bertz CT molecular complexity index is 420. The van der Waals surface area contributed by atoms with Crippen molar-refractivity contribution in [3.8, 4) is 0 Å². The summed E-state index contributed by atoms with van der Waals surface area (Å²) in [5, 5.41) is 2.45. The summed E-state index contributed by atoms with van der Waals surface area (Å²) in [5.74, 6) is -1.44. The summed E-state index contributed by atoms with van der Waals surface area (Å²) in [6, 6.07) is 4.80. The highest BCUT2D eigenvalue weighted by Crippen LogP contribution is 2.05. The summed E-state index contributed by atoms with van der Waals surface area (Å²) in [7, 11) is 1.37. The van der Waals surface area contributed by atoms with E-state index in [9.17, 15) is 14.0 Å². The molecule has 1 aromatic carbocycles. The van der Waals surface area contributed by atoms with Crippen LogP contribution >= 0.6 is 0 Å². The molecule has 0 bridgehead atoms. The molecule has 18 heavy (non-hydrogen) atoms. The lowest BCUT2D eigenvalue weighted by Gasteiger charge is -2.15. The number of ether oxygens (including phenoxy) is 1. The Morgan fingerprint density at radius 1 is 1.39 bits per heavy atom. The fraction of sp³-hybridized carbons (Fsp3) is 0.333. The predicted molar refractivity (Wildman–Crippen MR) is 63.1 cm³/mol. The number of rotatable bonds is 6. The van der Waals surface area contributed by atoms with E-state index in [4.69, 9.17) is 5.73 Å². The number of primary amides is 1. The minimum absolute atomic E-state index is 0.146. The first-order valence-electron chi connectivity index (χ1n) is 5.35. The third-order valence-electron chi connectivity index (χ3n) is 2.31. The number of hydrogen-bond donors (Lipinski definition) is 2. The molecule has 3 N–H and O–H groups in total. The van der Waals surface area contributed by atoms with Crippen LogP contribution < -0.4 is 11.1 Å². The number of nitrogens with two attached hydrogens (primary N) is 1. The quantitative estimate of drug-likeness (QED) is 0.748. The van der Waals surface area contributed by atoms with Crippen LogP contribution in [0.4, 0.5) is 4.39 Å². The maximum absolute atomic E-state index is 12.7. The summed E-state index contributed by atoms with van der Waals surface area (Å²) in [4.78, 5) is 22.5. The molecule has 1 aromatic rings. The van der Waals surface area contributed by atoms with Gasteiger partial charge < -0.3 is 15.8 Å². The number of methoxy groups -OCH3 is 1. The first-order chi connectivity index (χ1) is 8.52. The third-order valence-corrected chi connectivity index (χ3v) is 2.31. The van der Waals surface area contributed by atoms with Gasteiger partial charge in [0.05, 0.1) is 0 Å². The summed E-state index contributed by atoms with van der Waals surface area (Å²) in [5.41, 5.74) is 5.90. The van der Waals surface area contributed by atoms with E-state index >= 15 is 0 Å². The maximum atomic E-state index is 12.7. The zero-order valence-corrected chi connectivity index (χ0v) is 9.98. The highest BCUT2D eigenvalue weighted by molar-refractivity contribution is 5.87. The van der Waals surface area contributed by atoms with E-state index in [1.54, 1.807) is 0 Å². The van der Waals surface area contributed by atoms with Crippen LogP contribution in [0.3, 0.4) is 0 Å². The Balaban J connectivity index is 2.65. The molecule has 1 rings (SSSR count). The van der Waals surface area contributed by atoms with Gasteiger partial charge in [0.15, 0.2) is 0 Å². The van der Waals surface area contributed by atoms with Crippen molar-refractivity contribution in [2.75, 3.05) is 13.7 Å². The van der Waals surface area contributed by atoms with Crippen LogP contribution in [0.25, 0.3) is 0 Å². The second-order valence-corrected chi connectivity index (χ2v) is 3.79. The van der Waals surface area contributed by atoms with E-state index < -0.39 is 17.9 Å². The van der Waals surface area contributed by atoms with Gasteiger partial charge in [-0.3, -0.25) is 9.59 Å². The smallest absolute Gasteiger partial charge is 0.246 e. The minimum atomic E-state index is -0.835. The molecule has 1 atom stereocenters. The largest absolute Gasteiger partial charge is 0.375 e. The van der Waals surface area contributed by atoms with Gasteiger partial charge >= 0.3 is 0 Å². The zero-order chi connectivity index (χ0) is 13.5. The maximum Gasteiger partial charge on any atom is 0.246 e. The van der Waals surface area contributed by atoms with Crippen molar-refractivity contribution in [2.45, 2.75) is 12.5 Å². The van der Waals surface area contributed by atoms with Crippen LogP contribution in [0, 0.1) is 5.82 Å². The summed E-state index contributed by atoms with van der Waals surface area (Å²) in [6.45, 7) is -0.146. The van der Waals surface area contributed by atoms with Crippen molar-refractivity contribution in [3.63, 3.8) is 0 Å². The molecule has 98 valence electrons. The molecule has 0 aliphatic carbocycles. The molecule has 0 aliphatic rings. The molecule has 0 aliphatic heterocycles. The van der Waals surface area contributed by atoms with Gasteiger partial charge in [0.1, 0.15) is 18.5 Å². The average molecular weight is 254 g/mol. The van der Waals surface area contributed by atoms with Gasteiger partial charge in [-0.05, 0) is 17.7 Å². The number of hydrogen-bond acceptors (Lipinski definition) is 3. The van der Waals surface area contributed by atoms with Crippen LogP contribution in [0.15, 0.2) is 24.3 Å². The lowest BCUT2D eigenvalue weighted by molar-refractivity contribution is -0.129. The van der Waals surface area contributed by atoms with Crippen molar-refractivity contribution in [1.29, 1.82) is 0 Å². The van der Waals surface area contributed by atoms with E-state index in [0.717, 1.165) is 0 Å². The molecule has 0 saturated carbocycles. The number of benzene rings is 1. The van der Waals surface area contributed by atoms with E-state index in [1.165, 1.54) is 31.4 Å². The van der Waals surface area contributed by atoms with Crippen molar-refractivity contribution in [1.82, 2.24) is 5.32 Å². The minimum Gasteiger partial charge on any atom is -0.375 e. The van der Waals surface area contributed by atoms with Gasteiger partial charge in [-0.2, -0.15) is 0 Å². The third kappa shape index (κ3) is 4.50. The van der Waals surface area contributed by atoms with E-state index in [-0.39, 0.29) is 18.8 Å². The number of halogens is 1. The summed E-state index contributed by atoms with van der Waals surface area (Å²) >= 11 is 0. The van der Waals surface area contributed by atoms with Gasteiger partial charge in [-0.1, -0.05) is 12.1 Å². The SMILES string of the molecule is COCC(=O)N[C@@H](Cc1ccc(F)cc1)C(N)=O. The molecule has 0 radical (unpaired) electrons. The van der Waals surface area contributed by atoms with Crippen LogP contribution in [0.5, 0.6) is 0 Å². The number of carbonyl (C=O) groups is 2. The van der Waals surface area contributed by atoms with E-state index in [0.29, 0.717) is 5.56 Å². The number of amides is 2. The molecular formula is C12H15FN2O3. The van der Waals surface area contributed by atoms with Gasteiger partial charge in [0.25, 0.3) is 0 Å². The lowest BCUT2D eigenvalue weighted by atomic mass is 10.1. The van der Waals surface area contributed by atoms with Crippen molar-refractivity contribution >= 4 is 11.8 Å². The fourth-order valence-corrected chi connectivity index (χ4v) is 1.45. The number of carbonyl (C=O) groups excluding carboxylic acids is 2. The van der Waals surface area contributed by atoms with Crippen molar-refractivity contribution in [2.24, 2.45) is 5.73 Å². The van der Waals surface area contributed by atoms with Gasteiger partial charge in [-0.25, -0.2) is 4.39 Å². The molecule has 0 spiro atoms. The van der Waals surface area contributed by atoms with Gasteiger partial charge in [-0.15, -0.1) is 0 Å². The molecular weight excluding hydrogens is 239 g/mol. The molecule has 2 amide bonds. The second kappa shape index (κ2) is 6.70. The van der Waals surface area contributed by atoms with Crippen LogP contribution in [-0.4, -0.2) is 31.6 Å². The molecule has 6 heteroatoms. The molecule has 0 fully saturated rings. The normalized spacial score (nSPS) is 11.9. The standard InChI is InChI=1S/C12H15FN2O3/c1-18-7-11(16)15-10(12(14)17)6-8-2-4-9(13)5-3-8/h2-5,10H,6-7H2,1H3,(H2,14,17)(H,15,16)/t10-/m0/s1. The topological polar surface area (TPSA) is 81.4 Å². The zero-order valence-electron chi connectivity index (χ0n) is 9.98. The Morgan fingerprint density at radius 3 is 2.50 bits per heavy atom. The molecule has 0 saturated heterocycles. The fourth-order valence-electron chi connectivity index (χ4n) is 1.45. The summed E-state index contributed by atoms with van der Waals surface area (Å²) < 4.78 is 17.4. The van der Waals surface area contributed by atoms with Crippen LogP contribution in [0.2, 0.25) is 0 Å². The lowest BCUT2D eigenvalue weighted by Crippen LogP contribution is -2.46. The first kappa shape index (κ1) is 14.1. The van der Waals surface area contributed by atoms with E-state index in [1.807, 2.05) is 0 Å². The monoisotopic (exact) mass is 254 g/mol. The number of nitrogens with one attached hydrogen (secondary N) is 1. The highest BCUT2D eigenvalue weighted by atomic mass is 19.1. The first-order valence-corrected chi connectivity index (χ1v) is 5.35.